The number of nitrogens with one attached hydrogen (secondary N) is 3. The predicted octanol–water partition coefficient (Wildman–Crippen LogP) is 6.31. The van der Waals surface area contributed by atoms with Crippen LogP contribution in [-0.4, -0.2) is 28.8 Å². The average molecular weight is 574 g/mol. The summed E-state index contributed by atoms with van der Waals surface area (Å²) in [5, 5.41) is 6.88. The van der Waals surface area contributed by atoms with Crippen LogP contribution in [0.25, 0.3) is 10.9 Å². The fourth-order valence-corrected chi connectivity index (χ4v) is 4.89. The number of hydrogen-bond donors (Lipinski definition) is 3. The van der Waals surface area contributed by atoms with E-state index in [9.17, 15) is 14.4 Å². The normalized spacial score (nSPS) is 11.7. The molecule has 1 aromatic heterocycles. The SMILES string of the molecule is Cc1ccc(C(NC(=O)[C@H](CCC(=O)OCc2ccccc2)NC(=O)c2cc3ccccc3[nH]2)c2ccc(C)cc2)cc1. The van der Waals surface area contributed by atoms with Crippen molar-refractivity contribution in [3.63, 3.8) is 0 Å². The maximum absolute atomic E-state index is 13.9. The number of benzene rings is 4. The zero-order valence-electron chi connectivity index (χ0n) is 24.3. The van der Waals surface area contributed by atoms with Gasteiger partial charge in [-0.2, -0.15) is 0 Å². The molecule has 0 fully saturated rings. The van der Waals surface area contributed by atoms with Crippen LogP contribution in [0.1, 0.15) is 57.2 Å². The lowest BCUT2D eigenvalue weighted by molar-refractivity contribution is -0.145. The number of para-hydroxylation sites is 1. The second kappa shape index (κ2) is 13.7. The van der Waals surface area contributed by atoms with Crippen LogP contribution in [0.5, 0.6) is 0 Å². The molecule has 7 heteroatoms. The minimum Gasteiger partial charge on any atom is -0.461 e. The molecule has 0 saturated carbocycles. The van der Waals surface area contributed by atoms with Crippen LogP contribution >= 0.6 is 0 Å². The monoisotopic (exact) mass is 573 g/mol. The van der Waals surface area contributed by atoms with Gasteiger partial charge in [-0.15, -0.1) is 0 Å². The maximum Gasteiger partial charge on any atom is 0.306 e. The third-order valence-electron chi connectivity index (χ3n) is 7.38. The van der Waals surface area contributed by atoms with Crippen molar-refractivity contribution in [2.24, 2.45) is 0 Å². The first-order valence-corrected chi connectivity index (χ1v) is 14.4. The number of amides is 2. The highest BCUT2D eigenvalue weighted by Crippen LogP contribution is 2.24. The summed E-state index contributed by atoms with van der Waals surface area (Å²) in [6.07, 6.45) is 0.0254. The first-order chi connectivity index (χ1) is 20.9. The Morgan fingerprint density at radius 2 is 1.35 bits per heavy atom. The first-order valence-electron chi connectivity index (χ1n) is 14.4. The van der Waals surface area contributed by atoms with E-state index in [1.807, 2.05) is 117 Å². The highest BCUT2D eigenvalue weighted by molar-refractivity contribution is 6.00. The number of ether oxygens (including phenoxy) is 1. The molecule has 0 saturated heterocycles. The lowest BCUT2D eigenvalue weighted by Gasteiger charge is -2.24. The van der Waals surface area contributed by atoms with Gasteiger partial charge in [0.25, 0.3) is 5.91 Å². The molecule has 0 unspecified atom stereocenters. The van der Waals surface area contributed by atoms with E-state index < -0.39 is 29.9 Å². The van der Waals surface area contributed by atoms with Gasteiger partial charge >= 0.3 is 5.97 Å². The number of H-pyrrole nitrogens is 1. The van der Waals surface area contributed by atoms with Crippen molar-refractivity contribution in [1.82, 2.24) is 15.6 Å². The Balaban J connectivity index is 1.35. The van der Waals surface area contributed by atoms with Crippen LogP contribution in [0.3, 0.4) is 0 Å². The summed E-state index contributed by atoms with van der Waals surface area (Å²) in [6, 6.07) is 33.2. The Bertz CT molecular complexity index is 1610. The minimum absolute atomic E-state index is 0.0440. The van der Waals surface area contributed by atoms with Gasteiger partial charge < -0.3 is 20.4 Å². The largest absolute Gasteiger partial charge is 0.461 e. The van der Waals surface area contributed by atoms with Gasteiger partial charge in [0.15, 0.2) is 0 Å². The molecular formula is C36H35N3O4. The Hall–Kier alpha value is -5.17. The summed E-state index contributed by atoms with van der Waals surface area (Å²) >= 11 is 0. The van der Waals surface area contributed by atoms with Gasteiger partial charge in [0, 0.05) is 17.3 Å². The molecule has 5 rings (SSSR count). The third-order valence-corrected chi connectivity index (χ3v) is 7.38. The van der Waals surface area contributed by atoms with E-state index in [0.717, 1.165) is 38.7 Å². The Kier molecular flexibility index (Phi) is 9.32. The zero-order chi connectivity index (χ0) is 30.2. The number of aromatic nitrogens is 1. The van der Waals surface area contributed by atoms with E-state index in [1.165, 1.54) is 0 Å². The zero-order valence-corrected chi connectivity index (χ0v) is 24.3. The first kappa shape index (κ1) is 29.3. The van der Waals surface area contributed by atoms with Crippen LogP contribution < -0.4 is 10.6 Å². The summed E-state index contributed by atoms with van der Waals surface area (Å²) in [4.78, 5) is 43.0. The molecule has 1 atom stereocenters. The average Bonchev–Trinajstić information content (AvgIpc) is 3.47. The second-order valence-electron chi connectivity index (χ2n) is 10.7. The van der Waals surface area contributed by atoms with Crippen LogP contribution in [-0.2, 0) is 20.9 Å². The Morgan fingerprint density at radius 1 is 0.744 bits per heavy atom. The van der Waals surface area contributed by atoms with Gasteiger partial charge in [0.05, 0.1) is 6.04 Å². The molecule has 1 heterocycles. The number of aryl methyl sites for hydroxylation is 2. The number of esters is 1. The van der Waals surface area contributed by atoms with Gasteiger partial charge in [-0.25, -0.2) is 0 Å². The highest BCUT2D eigenvalue weighted by atomic mass is 16.5. The van der Waals surface area contributed by atoms with Gasteiger partial charge in [-0.3, -0.25) is 14.4 Å². The number of aromatic amines is 1. The molecule has 0 aliphatic carbocycles. The smallest absolute Gasteiger partial charge is 0.306 e. The minimum atomic E-state index is -0.985. The fraction of sp³-hybridized carbons (Fsp3) is 0.194. The summed E-state index contributed by atoms with van der Waals surface area (Å²) in [5.41, 5.74) is 6.05. The molecule has 0 aliphatic heterocycles. The molecule has 0 bridgehead atoms. The van der Waals surface area contributed by atoms with Crippen LogP contribution in [0.15, 0.2) is 109 Å². The van der Waals surface area contributed by atoms with Gasteiger partial charge in [0.1, 0.15) is 18.3 Å². The van der Waals surface area contributed by atoms with Crippen molar-refractivity contribution in [3.8, 4) is 0 Å². The molecule has 218 valence electrons. The predicted molar refractivity (Wildman–Crippen MR) is 167 cm³/mol. The second-order valence-corrected chi connectivity index (χ2v) is 10.7. The third kappa shape index (κ3) is 7.77. The Morgan fingerprint density at radius 3 is 1.98 bits per heavy atom. The van der Waals surface area contributed by atoms with Gasteiger partial charge in [0.2, 0.25) is 5.91 Å². The lowest BCUT2D eigenvalue weighted by Crippen LogP contribution is -2.48. The molecule has 4 aromatic carbocycles. The molecular weight excluding hydrogens is 538 g/mol. The molecule has 5 aromatic rings. The highest BCUT2D eigenvalue weighted by Gasteiger charge is 2.27. The maximum atomic E-state index is 13.9. The van der Waals surface area contributed by atoms with Crippen LogP contribution in [0.4, 0.5) is 0 Å². The van der Waals surface area contributed by atoms with Crippen molar-refractivity contribution >= 4 is 28.7 Å². The Labute approximate surface area is 251 Å². The quantitative estimate of drug-likeness (QED) is 0.161. The number of carbonyl (C=O) groups excluding carboxylic acids is 3. The van der Waals surface area contributed by atoms with Gasteiger partial charge in [-0.05, 0) is 49.1 Å². The lowest BCUT2D eigenvalue weighted by atomic mass is 9.96. The number of carbonyl (C=O) groups is 3. The number of hydrogen-bond acceptors (Lipinski definition) is 4. The van der Waals surface area contributed by atoms with E-state index in [-0.39, 0.29) is 19.4 Å². The molecule has 2 amide bonds. The fourth-order valence-electron chi connectivity index (χ4n) is 4.89. The molecule has 0 aliphatic rings. The van der Waals surface area contributed by atoms with Crippen molar-refractivity contribution in [2.45, 2.75) is 45.4 Å². The van der Waals surface area contributed by atoms with Crippen molar-refractivity contribution in [1.29, 1.82) is 0 Å². The molecule has 43 heavy (non-hydrogen) atoms. The van der Waals surface area contributed by atoms with E-state index in [0.29, 0.717) is 5.69 Å². The summed E-state index contributed by atoms with van der Waals surface area (Å²) in [6.45, 7) is 4.16. The van der Waals surface area contributed by atoms with Crippen molar-refractivity contribution in [2.75, 3.05) is 0 Å². The molecule has 7 nitrogen and oxygen atoms in total. The summed E-state index contributed by atoms with van der Waals surface area (Å²) in [7, 11) is 0. The van der Waals surface area contributed by atoms with E-state index in [2.05, 4.69) is 15.6 Å². The standard InChI is InChI=1S/C36H35N3O4/c1-24-12-16-27(17-13-24)34(28-18-14-25(2)15-19-28)39-35(41)31(20-21-33(40)43-23-26-8-4-3-5-9-26)38-36(42)32-22-29-10-6-7-11-30(29)37-32/h3-19,22,31,34,37H,20-21,23H2,1-2H3,(H,38,42)(H,39,41)/t31-/m0/s1. The van der Waals surface area contributed by atoms with Crippen LogP contribution in [0, 0.1) is 13.8 Å². The van der Waals surface area contributed by atoms with E-state index >= 15 is 0 Å². The number of fused-ring (bicyclic) bond motifs is 1. The van der Waals surface area contributed by atoms with E-state index in [1.54, 1.807) is 6.07 Å². The van der Waals surface area contributed by atoms with E-state index in [4.69, 9.17) is 4.74 Å². The molecule has 0 spiro atoms. The van der Waals surface area contributed by atoms with Crippen LogP contribution in [0.2, 0.25) is 0 Å². The van der Waals surface area contributed by atoms with Crippen molar-refractivity contribution < 1.29 is 19.1 Å². The molecule has 3 N–H and O–H groups in total. The van der Waals surface area contributed by atoms with Gasteiger partial charge in [-0.1, -0.05) is 108 Å². The summed E-state index contributed by atoms with van der Waals surface area (Å²) in [5.74, 6) is -1.28. The van der Waals surface area contributed by atoms with Crippen molar-refractivity contribution in [3.05, 3.63) is 143 Å². The topological polar surface area (TPSA) is 100 Å². The molecule has 0 radical (unpaired) electrons. The summed E-state index contributed by atoms with van der Waals surface area (Å²) < 4.78 is 5.44. The number of rotatable bonds is 11.